The largest absolute Gasteiger partial charge is 0.455 e. The number of sulfonamides is 1. The maximum absolute atomic E-state index is 12.1. The molecule has 0 atom stereocenters. The van der Waals surface area contributed by atoms with E-state index in [9.17, 15) is 18.5 Å². The Morgan fingerprint density at radius 1 is 1.11 bits per heavy atom. The Balaban J connectivity index is 1.78. The lowest BCUT2D eigenvalue weighted by Crippen LogP contribution is -2.18. The predicted molar refractivity (Wildman–Crippen MR) is 100 cm³/mol. The molecule has 27 heavy (non-hydrogen) atoms. The van der Waals surface area contributed by atoms with Crippen molar-refractivity contribution < 1.29 is 17.8 Å². The molecule has 0 radical (unpaired) electrons. The Bertz CT molecular complexity index is 1110. The van der Waals surface area contributed by atoms with Crippen LogP contribution in [0.25, 0.3) is 11.3 Å². The van der Waals surface area contributed by atoms with Gasteiger partial charge in [-0.15, -0.1) is 0 Å². The summed E-state index contributed by atoms with van der Waals surface area (Å²) in [7, 11) is -3.78. The Labute approximate surface area is 159 Å². The monoisotopic (exact) mass is 405 g/mol. The Morgan fingerprint density at radius 2 is 1.85 bits per heavy atom. The van der Waals surface area contributed by atoms with Gasteiger partial charge in [-0.25, -0.2) is 0 Å². The third-order valence-electron chi connectivity index (χ3n) is 3.47. The normalized spacial score (nSPS) is 11.6. The van der Waals surface area contributed by atoms with Gasteiger partial charge >= 0.3 is 0 Å². The molecule has 0 saturated heterocycles. The summed E-state index contributed by atoms with van der Waals surface area (Å²) in [5.74, 6) is 0.527. The Morgan fingerprint density at radius 3 is 2.56 bits per heavy atom. The molecule has 0 fully saturated rings. The van der Waals surface area contributed by atoms with Crippen molar-refractivity contribution in [3.63, 3.8) is 0 Å². The van der Waals surface area contributed by atoms with E-state index in [1.807, 2.05) is 0 Å². The van der Waals surface area contributed by atoms with Crippen molar-refractivity contribution in [3.8, 4) is 11.3 Å². The number of halogens is 1. The van der Waals surface area contributed by atoms with E-state index in [1.54, 1.807) is 24.3 Å². The van der Waals surface area contributed by atoms with Gasteiger partial charge in [-0.1, -0.05) is 29.8 Å². The summed E-state index contributed by atoms with van der Waals surface area (Å²) in [6, 6.07) is 14.8. The molecule has 8 nitrogen and oxygen atoms in total. The Kier molecular flexibility index (Phi) is 5.24. The fraction of sp³-hybridized carbons (Fsp3) is 0. The van der Waals surface area contributed by atoms with Gasteiger partial charge < -0.3 is 4.42 Å². The van der Waals surface area contributed by atoms with Gasteiger partial charge in [-0.2, -0.15) is 18.4 Å². The molecule has 0 unspecified atom stereocenters. The lowest BCUT2D eigenvalue weighted by molar-refractivity contribution is -0.384. The molecule has 0 aliphatic carbocycles. The molecular weight excluding hydrogens is 394 g/mol. The van der Waals surface area contributed by atoms with E-state index in [-0.39, 0.29) is 27.1 Å². The highest BCUT2D eigenvalue weighted by Crippen LogP contribution is 2.32. The zero-order chi connectivity index (χ0) is 19.4. The van der Waals surface area contributed by atoms with Gasteiger partial charge in [0.1, 0.15) is 11.5 Å². The van der Waals surface area contributed by atoms with Crippen LogP contribution < -0.4 is 4.83 Å². The molecule has 0 aliphatic heterocycles. The van der Waals surface area contributed by atoms with Crippen LogP contribution in [0.4, 0.5) is 5.69 Å². The minimum Gasteiger partial charge on any atom is -0.455 e. The first-order valence-electron chi connectivity index (χ1n) is 7.51. The number of non-ortho nitro benzene ring substituents is 1. The fourth-order valence-corrected chi connectivity index (χ4v) is 3.22. The zero-order valence-electron chi connectivity index (χ0n) is 13.6. The molecule has 0 aliphatic rings. The lowest BCUT2D eigenvalue weighted by atomic mass is 10.1. The first-order chi connectivity index (χ1) is 12.9. The van der Waals surface area contributed by atoms with E-state index >= 15 is 0 Å². The molecule has 0 amide bonds. The number of hydrazone groups is 1. The van der Waals surface area contributed by atoms with Crippen LogP contribution in [0.2, 0.25) is 5.02 Å². The van der Waals surface area contributed by atoms with Gasteiger partial charge in [0.25, 0.3) is 15.7 Å². The molecule has 0 spiro atoms. The van der Waals surface area contributed by atoms with Crippen LogP contribution in [0.3, 0.4) is 0 Å². The quantitative estimate of drug-likeness (QED) is 0.380. The van der Waals surface area contributed by atoms with E-state index in [1.165, 1.54) is 42.6 Å². The number of nitrogens with zero attached hydrogens (tertiary/aromatic N) is 2. The maximum Gasteiger partial charge on any atom is 0.276 e. The van der Waals surface area contributed by atoms with Crippen molar-refractivity contribution in [1.29, 1.82) is 0 Å². The van der Waals surface area contributed by atoms with Gasteiger partial charge in [-0.3, -0.25) is 10.1 Å². The fourth-order valence-electron chi connectivity index (χ4n) is 2.19. The molecule has 1 N–H and O–H groups in total. The molecule has 1 heterocycles. The maximum atomic E-state index is 12.1. The number of furan rings is 1. The van der Waals surface area contributed by atoms with Gasteiger partial charge in [0.2, 0.25) is 0 Å². The molecule has 10 heteroatoms. The summed E-state index contributed by atoms with van der Waals surface area (Å²) < 4.78 is 29.6. The van der Waals surface area contributed by atoms with Crippen molar-refractivity contribution >= 4 is 33.5 Å². The summed E-state index contributed by atoms with van der Waals surface area (Å²) in [6.45, 7) is 0. The third kappa shape index (κ3) is 4.33. The predicted octanol–water partition coefficient (Wildman–Crippen LogP) is 3.82. The molecule has 1 aromatic heterocycles. The van der Waals surface area contributed by atoms with Crippen LogP contribution in [0, 0.1) is 10.1 Å². The first-order valence-corrected chi connectivity index (χ1v) is 9.37. The second-order valence-electron chi connectivity index (χ2n) is 5.29. The van der Waals surface area contributed by atoms with E-state index in [0.29, 0.717) is 5.56 Å². The highest BCUT2D eigenvalue weighted by atomic mass is 35.5. The number of rotatable bonds is 6. The minimum atomic E-state index is -3.78. The summed E-state index contributed by atoms with van der Waals surface area (Å²) in [6.07, 6.45) is 1.18. The van der Waals surface area contributed by atoms with Crippen LogP contribution in [0.15, 0.2) is 75.1 Å². The van der Waals surface area contributed by atoms with E-state index in [0.717, 1.165) is 0 Å². The summed E-state index contributed by atoms with van der Waals surface area (Å²) >= 11 is 6.07. The number of nitrogens with one attached hydrogen (secondary N) is 1. The summed E-state index contributed by atoms with van der Waals surface area (Å²) in [5, 5.41) is 14.8. The molecule has 2 aromatic carbocycles. The Hall–Kier alpha value is -3.17. The third-order valence-corrected chi connectivity index (χ3v) is 5.04. The lowest BCUT2D eigenvalue weighted by Gasteiger charge is -2.02. The van der Waals surface area contributed by atoms with E-state index < -0.39 is 14.9 Å². The SMILES string of the molecule is O=[N+]([O-])c1ccc(Cl)c(-c2ccc(/C=N\NS(=O)(=O)c3ccccc3)o2)c1. The van der Waals surface area contributed by atoms with Crippen molar-refractivity contribution in [2.24, 2.45) is 5.10 Å². The highest BCUT2D eigenvalue weighted by molar-refractivity contribution is 7.89. The van der Waals surface area contributed by atoms with Gasteiger partial charge in [0.05, 0.1) is 21.1 Å². The van der Waals surface area contributed by atoms with Crippen LogP contribution in [0.1, 0.15) is 5.76 Å². The molecular formula is C17H12ClN3O5S. The standard InChI is InChI=1S/C17H12ClN3O5S/c18-16-8-6-12(21(22)23)10-15(16)17-9-7-13(26-17)11-19-20-27(24,25)14-4-2-1-3-5-14/h1-11,20H/b19-11-. The molecule has 0 saturated carbocycles. The van der Waals surface area contributed by atoms with Crippen LogP contribution in [0.5, 0.6) is 0 Å². The molecule has 3 rings (SSSR count). The molecule has 3 aromatic rings. The van der Waals surface area contributed by atoms with Crippen molar-refractivity contribution in [1.82, 2.24) is 4.83 Å². The second kappa shape index (κ2) is 7.60. The topological polar surface area (TPSA) is 115 Å². The summed E-state index contributed by atoms with van der Waals surface area (Å²) in [5.41, 5.74) is 0.215. The summed E-state index contributed by atoms with van der Waals surface area (Å²) in [4.78, 5) is 12.5. The van der Waals surface area contributed by atoms with Crippen molar-refractivity contribution in [3.05, 3.63) is 81.6 Å². The zero-order valence-corrected chi connectivity index (χ0v) is 15.1. The first kappa shape index (κ1) is 18.6. The number of benzene rings is 2. The van der Waals surface area contributed by atoms with Crippen LogP contribution in [-0.2, 0) is 10.0 Å². The van der Waals surface area contributed by atoms with E-state index in [2.05, 4.69) is 9.93 Å². The molecule has 138 valence electrons. The van der Waals surface area contributed by atoms with Gasteiger partial charge in [-0.05, 0) is 30.3 Å². The highest BCUT2D eigenvalue weighted by Gasteiger charge is 2.14. The van der Waals surface area contributed by atoms with Gasteiger partial charge in [0.15, 0.2) is 0 Å². The number of hydrogen-bond donors (Lipinski definition) is 1. The number of nitro benzene ring substituents is 1. The average molecular weight is 406 g/mol. The van der Waals surface area contributed by atoms with Crippen molar-refractivity contribution in [2.45, 2.75) is 4.90 Å². The average Bonchev–Trinajstić information content (AvgIpc) is 3.11. The van der Waals surface area contributed by atoms with Gasteiger partial charge in [0, 0.05) is 17.7 Å². The second-order valence-corrected chi connectivity index (χ2v) is 7.36. The smallest absolute Gasteiger partial charge is 0.276 e. The van der Waals surface area contributed by atoms with E-state index in [4.69, 9.17) is 16.0 Å². The van der Waals surface area contributed by atoms with Crippen LogP contribution in [-0.4, -0.2) is 19.6 Å². The minimum absolute atomic E-state index is 0.0747. The number of hydrogen-bond acceptors (Lipinski definition) is 6. The van der Waals surface area contributed by atoms with Crippen molar-refractivity contribution in [2.75, 3.05) is 0 Å². The van der Waals surface area contributed by atoms with Crippen LogP contribution >= 0.6 is 11.6 Å². The number of nitro groups is 1. The molecule has 0 bridgehead atoms.